The Balaban J connectivity index is 1.50. The highest BCUT2D eigenvalue weighted by molar-refractivity contribution is 5.80. The zero-order valence-electron chi connectivity index (χ0n) is 15.0. The number of nitrogens with zero attached hydrogens (tertiary/aromatic N) is 4. The van der Waals surface area contributed by atoms with Gasteiger partial charge in [0.2, 0.25) is 5.91 Å². The molecule has 2 aromatic heterocycles. The number of amides is 1. The minimum Gasteiger partial charge on any atom is -0.397 e. The van der Waals surface area contributed by atoms with E-state index in [4.69, 9.17) is 5.73 Å². The molecular weight excluding hydrogens is 345 g/mol. The third-order valence-electron chi connectivity index (χ3n) is 4.77. The quantitative estimate of drug-likeness (QED) is 0.771. The van der Waals surface area contributed by atoms with Crippen molar-refractivity contribution in [3.05, 3.63) is 65.4 Å². The Bertz CT molecular complexity index is 973. The number of hydrogen-bond donors (Lipinski definition) is 1. The van der Waals surface area contributed by atoms with Gasteiger partial charge in [-0.2, -0.15) is 5.10 Å². The van der Waals surface area contributed by atoms with Crippen molar-refractivity contribution in [2.24, 2.45) is 0 Å². The second-order valence-electron chi connectivity index (χ2n) is 6.62. The van der Waals surface area contributed by atoms with Crippen LogP contribution in [0.5, 0.6) is 0 Å². The smallest absolute Gasteiger partial charge is 0.229 e. The second kappa shape index (κ2) is 6.83. The SMILES string of the molecule is CCn1cc2c(n1)CN(C(=O)Cc1nc(-c3ccc(F)cc3)ccc1N)C2. The third kappa shape index (κ3) is 3.40. The summed E-state index contributed by atoms with van der Waals surface area (Å²) in [6, 6.07) is 9.59. The number of nitrogen functional groups attached to an aromatic ring is 1. The Kier molecular flexibility index (Phi) is 4.35. The first-order chi connectivity index (χ1) is 13.0. The van der Waals surface area contributed by atoms with E-state index in [1.165, 1.54) is 12.1 Å². The maximum Gasteiger partial charge on any atom is 0.229 e. The lowest BCUT2D eigenvalue weighted by molar-refractivity contribution is -0.131. The summed E-state index contributed by atoms with van der Waals surface area (Å²) in [6.07, 6.45) is 2.11. The van der Waals surface area contributed by atoms with Crippen LogP contribution >= 0.6 is 0 Å². The molecule has 7 heteroatoms. The van der Waals surface area contributed by atoms with Crippen LogP contribution < -0.4 is 5.73 Å². The molecule has 0 spiro atoms. The minimum absolute atomic E-state index is 0.0356. The first-order valence-corrected chi connectivity index (χ1v) is 8.88. The molecule has 0 unspecified atom stereocenters. The minimum atomic E-state index is -0.303. The van der Waals surface area contributed by atoms with Gasteiger partial charge in [-0.25, -0.2) is 4.39 Å². The number of pyridine rings is 1. The lowest BCUT2D eigenvalue weighted by Gasteiger charge is -2.16. The molecule has 0 fully saturated rings. The monoisotopic (exact) mass is 365 g/mol. The average Bonchev–Trinajstić information content (AvgIpc) is 3.23. The number of nitrogens with two attached hydrogens (primary N) is 1. The van der Waals surface area contributed by atoms with E-state index in [1.807, 2.05) is 17.8 Å². The van der Waals surface area contributed by atoms with Crippen LogP contribution in [-0.2, 0) is 30.8 Å². The van der Waals surface area contributed by atoms with Gasteiger partial charge in [-0.05, 0) is 43.3 Å². The standard InChI is InChI=1S/C20H20FN5O/c1-2-26-11-14-10-25(12-19(14)24-26)20(27)9-18-16(22)7-8-17(23-18)13-3-5-15(21)6-4-13/h3-8,11H,2,9-10,12,22H2,1H3. The van der Waals surface area contributed by atoms with Crippen molar-refractivity contribution in [1.82, 2.24) is 19.7 Å². The summed E-state index contributed by atoms with van der Waals surface area (Å²) < 4.78 is 15.0. The number of aryl methyl sites for hydroxylation is 1. The molecule has 0 saturated heterocycles. The molecule has 0 aliphatic carbocycles. The number of halogens is 1. The number of carbonyl (C=O) groups is 1. The second-order valence-corrected chi connectivity index (χ2v) is 6.62. The fourth-order valence-electron chi connectivity index (χ4n) is 3.24. The van der Waals surface area contributed by atoms with Crippen molar-refractivity contribution in [2.45, 2.75) is 33.0 Å². The van der Waals surface area contributed by atoms with Gasteiger partial charge in [0.25, 0.3) is 0 Å². The molecule has 27 heavy (non-hydrogen) atoms. The highest BCUT2D eigenvalue weighted by atomic mass is 19.1. The molecule has 2 N–H and O–H groups in total. The van der Waals surface area contributed by atoms with Crippen molar-refractivity contribution in [2.75, 3.05) is 5.73 Å². The van der Waals surface area contributed by atoms with E-state index in [1.54, 1.807) is 29.2 Å². The number of hydrogen-bond acceptors (Lipinski definition) is 4. The summed E-state index contributed by atoms with van der Waals surface area (Å²) in [6.45, 7) is 3.93. The van der Waals surface area contributed by atoms with Gasteiger partial charge in [-0.3, -0.25) is 14.5 Å². The summed E-state index contributed by atoms with van der Waals surface area (Å²) in [5.74, 6) is -0.338. The van der Waals surface area contributed by atoms with Crippen molar-refractivity contribution in [3.8, 4) is 11.3 Å². The largest absolute Gasteiger partial charge is 0.397 e. The Morgan fingerprint density at radius 1 is 1.19 bits per heavy atom. The van der Waals surface area contributed by atoms with E-state index in [2.05, 4.69) is 10.1 Å². The predicted molar refractivity (Wildman–Crippen MR) is 99.9 cm³/mol. The highest BCUT2D eigenvalue weighted by Gasteiger charge is 2.26. The zero-order chi connectivity index (χ0) is 19.0. The molecule has 0 bridgehead atoms. The topological polar surface area (TPSA) is 77.0 Å². The van der Waals surface area contributed by atoms with Gasteiger partial charge >= 0.3 is 0 Å². The van der Waals surface area contributed by atoms with Crippen LogP contribution in [0.25, 0.3) is 11.3 Å². The molecule has 4 rings (SSSR count). The van der Waals surface area contributed by atoms with Gasteiger partial charge < -0.3 is 10.6 Å². The average molecular weight is 365 g/mol. The fraction of sp³-hybridized carbons (Fsp3) is 0.250. The molecule has 3 aromatic rings. The van der Waals surface area contributed by atoms with Crippen molar-refractivity contribution >= 4 is 11.6 Å². The molecular formula is C20H20FN5O. The van der Waals surface area contributed by atoms with Crippen LogP contribution in [0.3, 0.4) is 0 Å². The van der Waals surface area contributed by atoms with Crippen molar-refractivity contribution < 1.29 is 9.18 Å². The van der Waals surface area contributed by atoms with Crippen LogP contribution in [0, 0.1) is 5.82 Å². The lowest BCUT2D eigenvalue weighted by atomic mass is 10.1. The molecule has 0 saturated carbocycles. The molecule has 0 radical (unpaired) electrons. The third-order valence-corrected chi connectivity index (χ3v) is 4.77. The van der Waals surface area contributed by atoms with Crippen LogP contribution in [0.4, 0.5) is 10.1 Å². The maximum absolute atomic E-state index is 13.1. The Labute approximate surface area is 156 Å². The molecule has 3 heterocycles. The van der Waals surface area contributed by atoms with E-state index in [0.717, 1.165) is 23.4 Å². The van der Waals surface area contributed by atoms with Crippen LogP contribution in [-0.4, -0.2) is 25.6 Å². The number of carbonyl (C=O) groups excluding carboxylic acids is 1. The zero-order valence-corrected chi connectivity index (χ0v) is 15.0. The molecule has 1 aliphatic rings. The number of benzene rings is 1. The van der Waals surface area contributed by atoms with Crippen LogP contribution in [0.2, 0.25) is 0 Å². The van der Waals surface area contributed by atoms with Gasteiger partial charge in [-0.1, -0.05) is 0 Å². The fourth-order valence-corrected chi connectivity index (χ4v) is 3.24. The van der Waals surface area contributed by atoms with E-state index in [-0.39, 0.29) is 18.1 Å². The summed E-state index contributed by atoms with van der Waals surface area (Å²) in [4.78, 5) is 19.0. The summed E-state index contributed by atoms with van der Waals surface area (Å²) >= 11 is 0. The normalized spacial score (nSPS) is 13.0. The van der Waals surface area contributed by atoms with E-state index < -0.39 is 0 Å². The van der Waals surface area contributed by atoms with Crippen molar-refractivity contribution in [3.63, 3.8) is 0 Å². The van der Waals surface area contributed by atoms with Gasteiger partial charge in [-0.15, -0.1) is 0 Å². The Morgan fingerprint density at radius 2 is 1.96 bits per heavy atom. The molecule has 1 aromatic carbocycles. The Hall–Kier alpha value is -3.22. The summed E-state index contributed by atoms with van der Waals surface area (Å²) in [5, 5.41) is 4.48. The Morgan fingerprint density at radius 3 is 2.67 bits per heavy atom. The van der Waals surface area contributed by atoms with E-state index >= 15 is 0 Å². The molecule has 0 atom stereocenters. The van der Waals surface area contributed by atoms with Gasteiger partial charge in [0.1, 0.15) is 5.82 Å². The molecule has 138 valence electrons. The van der Waals surface area contributed by atoms with Crippen LogP contribution in [0.1, 0.15) is 23.9 Å². The van der Waals surface area contributed by atoms with Crippen molar-refractivity contribution in [1.29, 1.82) is 0 Å². The summed E-state index contributed by atoms with van der Waals surface area (Å²) in [5.41, 5.74) is 10.5. The van der Waals surface area contributed by atoms with E-state index in [0.29, 0.717) is 30.2 Å². The number of fused-ring (bicyclic) bond motifs is 1. The highest BCUT2D eigenvalue weighted by Crippen LogP contribution is 2.24. The van der Waals surface area contributed by atoms with Gasteiger partial charge in [0.05, 0.1) is 35.7 Å². The molecule has 1 aliphatic heterocycles. The number of rotatable bonds is 4. The van der Waals surface area contributed by atoms with Gasteiger partial charge in [0.15, 0.2) is 0 Å². The molecule has 1 amide bonds. The van der Waals surface area contributed by atoms with Gasteiger partial charge in [0, 0.05) is 30.4 Å². The maximum atomic E-state index is 13.1. The van der Waals surface area contributed by atoms with Crippen LogP contribution in [0.15, 0.2) is 42.6 Å². The number of aromatic nitrogens is 3. The molecule has 6 nitrogen and oxygen atoms in total. The van der Waals surface area contributed by atoms with E-state index in [9.17, 15) is 9.18 Å². The number of anilines is 1. The first-order valence-electron chi connectivity index (χ1n) is 8.88. The first kappa shape index (κ1) is 17.2. The lowest BCUT2D eigenvalue weighted by Crippen LogP contribution is -2.28. The predicted octanol–water partition coefficient (Wildman–Crippen LogP) is 2.77. The summed E-state index contributed by atoms with van der Waals surface area (Å²) in [7, 11) is 0.